The lowest BCUT2D eigenvalue weighted by molar-refractivity contribution is -0.104. The van der Waals surface area contributed by atoms with Crippen LogP contribution in [0.5, 0.6) is 0 Å². The van der Waals surface area contributed by atoms with Gasteiger partial charge in [-0.25, -0.2) is 0 Å². The number of hydrogen-bond acceptors (Lipinski definition) is 2. The van der Waals surface area contributed by atoms with Crippen molar-refractivity contribution in [2.75, 3.05) is 0 Å². The predicted molar refractivity (Wildman–Crippen MR) is 44.5 cm³/mol. The molecule has 0 saturated carbocycles. The van der Waals surface area contributed by atoms with Gasteiger partial charge in [-0.05, 0) is 12.1 Å². The lowest BCUT2D eigenvalue weighted by atomic mass is 10.1. The molecule has 0 N–H and O–H groups in total. The molecule has 0 aromatic heterocycles. The number of ketones is 1. The first kappa shape index (κ1) is 8.14. The third-order valence-electron chi connectivity index (χ3n) is 1.25. The molecule has 0 spiro atoms. The first-order valence-electron chi connectivity index (χ1n) is 2.99. The Morgan fingerprint density at radius 3 is 2.55 bits per heavy atom. The second-order valence-corrected chi connectivity index (χ2v) is 2.82. The second kappa shape index (κ2) is 3.44. The van der Waals surface area contributed by atoms with E-state index in [9.17, 15) is 9.59 Å². The summed E-state index contributed by atoms with van der Waals surface area (Å²) < 4.78 is 0.650. The summed E-state index contributed by atoms with van der Waals surface area (Å²) in [5, 5.41) is 0. The zero-order chi connectivity index (χ0) is 8.27. The zero-order valence-corrected chi connectivity index (χ0v) is 7.17. The highest BCUT2D eigenvalue weighted by atomic mass is 79.9. The van der Waals surface area contributed by atoms with Gasteiger partial charge in [0, 0.05) is 10.0 Å². The molecule has 2 nitrogen and oxygen atoms in total. The third-order valence-corrected chi connectivity index (χ3v) is 1.94. The van der Waals surface area contributed by atoms with Crippen LogP contribution < -0.4 is 0 Å². The van der Waals surface area contributed by atoms with Crippen LogP contribution in [0, 0.1) is 0 Å². The second-order valence-electron chi connectivity index (χ2n) is 1.96. The summed E-state index contributed by atoms with van der Waals surface area (Å²) in [6.07, 6.45) is 0.306. The highest BCUT2D eigenvalue weighted by Gasteiger charge is 2.05. The van der Waals surface area contributed by atoms with Crippen LogP contribution in [0.25, 0.3) is 0 Å². The van der Waals surface area contributed by atoms with Crippen LogP contribution in [0.2, 0.25) is 0 Å². The van der Waals surface area contributed by atoms with Gasteiger partial charge in [0.15, 0.2) is 6.29 Å². The highest BCUT2D eigenvalue weighted by Crippen LogP contribution is 2.15. The average Bonchev–Trinajstić information content (AvgIpc) is 2.04. The fraction of sp³-hybridized carbons (Fsp3) is 0. The molecule has 0 amide bonds. The maximum absolute atomic E-state index is 10.8. The lowest BCUT2D eigenvalue weighted by Crippen LogP contribution is -1.99. The molecule has 1 aromatic rings. The summed E-state index contributed by atoms with van der Waals surface area (Å²) in [4.78, 5) is 20.9. The van der Waals surface area contributed by atoms with Gasteiger partial charge in [-0.15, -0.1) is 0 Å². The van der Waals surface area contributed by atoms with E-state index in [1.807, 2.05) is 0 Å². The van der Waals surface area contributed by atoms with Gasteiger partial charge in [0.05, 0.1) is 0 Å². The summed E-state index contributed by atoms with van der Waals surface area (Å²) in [6, 6.07) is 6.81. The van der Waals surface area contributed by atoms with Crippen molar-refractivity contribution < 1.29 is 9.59 Å². The van der Waals surface area contributed by atoms with Gasteiger partial charge >= 0.3 is 0 Å². The van der Waals surface area contributed by atoms with E-state index < -0.39 is 5.78 Å². The van der Waals surface area contributed by atoms with Gasteiger partial charge in [0.2, 0.25) is 5.78 Å². The fourth-order valence-corrected chi connectivity index (χ4v) is 1.20. The van der Waals surface area contributed by atoms with E-state index in [1.54, 1.807) is 24.3 Å². The van der Waals surface area contributed by atoms with Gasteiger partial charge in [-0.2, -0.15) is 0 Å². The molecule has 1 rings (SSSR count). The number of halogens is 1. The largest absolute Gasteiger partial charge is 0.294 e. The Morgan fingerprint density at radius 2 is 2.00 bits per heavy atom. The smallest absolute Gasteiger partial charge is 0.226 e. The summed E-state index contributed by atoms with van der Waals surface area (Å²) >= 11 is 3.16. The van der Waals surface area contributed by atoms with Crippen LogP contribution in [-0.2, 0) is 4.79 Å². The van der Waals surface area contributed by atoms with Crippen LogP contribution >= 0.6 is 15.9 Å². The maximum atomic E-state index is 10.8. The number of aldehydes is 1. The van der Waals surface area contributed by atoms with Gasteiger partial charge in [-0.1, -0.05) is 28.1 Å². The Bertz CT molecular complexity index is 294. The molecule has 0 atom stereocenters. The van der Waals surface area contributed by atoms with Crippen molar-refractivity contribution in [2.24, 2.45) is 0 Å². The molecule has 3 heteroatoms. The Kier molecular flexibility index (Phi) is 2.54. The molecule has 0 fully saturated rings. The molecule has 1 aromatic carbocycles. The SMILES string of the molecule is O=CC(=O)c1ccccc1Br. The minimum absolute atomic E-state index is 0.306. The van der Waals surface area contributed by atoms with Crippen LogP contribution in [0.1, 0.15) is 10.4 Å². The van der Waals surface area contributed by atoms with Crippen molar-refractivity contribution in [3.63, 3.8) is 0 Å². The maximum Gasteiger partial charge on any atom is 0.226 e. The van der Waals surface area contributed by atoms with Gasteiger partial charge in [-0.3, -0.25) is 9.59 Å². The third kappa shape index (κ3) is 1.74. The van der Waals surface area contributed by atoms with E-state index in [-0.39, 0.29) is 0 Å². The van der Waals surface area contributed by atoms with Gasteiger partial charge in [0.1, 0.15) is 0 Å². The van der Waals surface area contributed by atoms with Crippen molar-refractivity contribution in [3.05, 3.63) is 34.3 Å². The van der Waals surface area contributed by atoms with Gasteiger partial charge in [0.25, 0.3) is 0 Å². The van der Waals surface area contributed by atoms with E-state index in [4.69, 9.17) is 0 Å². The molecular weight excluding hydrogens is 208 g/mol. The number of carbonyl (C=O) groups excluding carboxylic acids is 2. The zero-order valence-electron chi connectivity index (χ0n) is 5.58. The van der Waals surface area contributed by atoms with Crippen molar-refractivity contribution in [3.8, 4) is 0 Å². The van der Waals surface area contributed by atoms with Crippen molar-refractivity contribution >= 4 is 28.0 Å². The minimum Gasteiger partial charge on any atom is -0.294 e. The van der Waals surface area contributed by atoms with Crippen LogP contribution in [0.4, 0.5) is 0 Å². The average molecular weight is 213 g/mol. The van der Waals surface area contributed by atoms with Crippen LogP contribution in [0.3, 0.4) is 0 Å². The number of rotatable bonds is 2. The summed E-state index contributed by atoms with van der Waals surface area (Å²) in [6.45, 7) is 0. The summed E-state index contributed by atoms with van der Waals surface area (Å²) in [7, 11) is 0. The van der Waals surface area contributed by atoms with E-state index in [2.05, 4.69) is 15.9 Å². The van der Waals surface area contributed by atoms with Crippen molar-refractivity contribution in [2.45, 2.75) is 0 Å². The first-order valence-corrected chi connectivity index (χ1v) is 3.79. The molecule has 0 aliphatic carbocycles. The minimum atomic E-state index is -0.502. The Morgan fingerprint density at radius 1 is 1.36 bits per heavy atom. The topological polar surface area (TPSA) is 34.1 Å². The molecule has 0 aliphatic rings. The molecule has 0 unspecified atom stereocenters. The molecule has 0 radical (unpaired) electrons. The highest BCUT2D eigenvalue weighted by molar-refractivity contribution is 9.10. The molecule has 0 bridgehead atoms. The van der Waals surface area contributed by atoms with E-state index >= 15 is 0 Å². The molecule has 56 valence electrons. The molecule has 0 saturated heterocycles. The Labute approximate surface area is 72.4 Å². The fourth-order valence-electron chi connectivity index (χ4n) is 0.725. The Hall–Kier alpha value is -0.960. The number of Topliss-reactive ketones (excluding diaryl/α,β-unsaturated/α-hetero) is 1. The summed E-state index contributed by atoms with van der Waals surface area (Å²) in [5.74, 6) is -0.502. The first-order chi connectivity index (χ1) is 5.25. The van der Waals surface area contributed by atoms with E-state index in [1.165, 1.54) is 0 Å². The molecule has 0 aliphatic heterocycles. The van der Waals surface area contributed by atoms with Gasteiger partial charge < -0.3 is 0 Å². The number of carbonyl (C=O) groups is 2. The normalized spacial score (nSPS) is 9.18. The standard InChI is InChI=1S/C8H5BrO2/c9-7-4-2-1-3-6(7)8(11)5-10/h1-5H. The Balaban J connectivity index is 3.13. The van der Waals surface area contributed by atoms with Crippen LogP contribution in [0.15, 0.2) is 28.7 Å². The number of hydrogen-bond donors (Lipinski definition) is 0. The van der Waals surface area contributed by atoms with Crippen LogP contribution in [-0.4, -0.2) is 12.1 Å². The quantitative estimate of drug-likeness (QED) is 0.426. The number of benzene rings is 1. The molecular formula is C8H5BrO2. The molecule has 11 heavy (non-hydrogen) atoms. The molecule has 0 heterocycles. The monoisotopic (exact) mass is 212 g/mol. The van der Waals surface area contributed by atoms with Crippen molar-refractivity contribution in [1.82, 2.24) is 0 Å². The summed E-state index contributed by atoms with van der Waals surface area (Å²) in [5.41, 5.74) is 0.405. The lowest BCUT2D eigenvalue weighted by Gasteiger charge is -1.95. The van der Waals surface area contributed by atoms with E-state index in [0.29, 0.717) is 16.3 Å². The predicted octanol–water partition coefficient (Wildman–Crippen LogP) is 1.83. The van der Waals surface area contributed by atoms with Crippen molar-refractivity contribution in [1.29, 1.82) is 0 Å². The van der Waals surface area contributed by atoms with E-state index in [0.717, 1.165) is 0 Å².